The van der Waals surface area contributed by atoms with Crippen molar-refractivity contribution >= 4 is 0 Å². The third-order valence-electron chi connectivity index (χ3n) is 4.81. The maximum Gasteiger partial charge on any atom is 0.128 e. The third-order valence-corrected chi connectivity index (χ3v) is 4.81. The van der Waals surface area contributed by atoms with Gasteiger partial charge in [0.15, 0.2) is 0 Å². The van der Waals surface area contributed by atoms with Crippen LogP contribution >= 0.6 is 0 Å². The van der Waals surface area contributed by atoms with Crippen molar-refractivity contribution in [1.82, 2.24) is 14.9 Å². The number of nitrogens with zero attached hydrogens (tertiary/aromatic N) is 3. The van der Waals surface area contributed by atoms with E-state index in [-0.39, 0.29) is 0 Å². The summed E-state index contributed by atoms with van der Waals surface area (Å²) in [5.41, 5.74) is 3.88. The molecule has 1 aromatic heterocycles. The van der Waals surface area contributed by atoms with Crippen molar-refractivity contribution in [2.75, 3.05) is 13.7 Å². The monoisotopic (exact) mass is 309 g/mol. The van der Waals surface area contributed by atoms with Gasteiger partial charge in [-0.2, -0.15) is 0 Å². The minimum absolute atomic E-state index is 0.840. The molecule has 0 radical (unpaired) electrons. The first-order valence-corrected chi connectivity index (χ1v) is 8.49. The standard InChI is InChI=1S/C19H23N3O/c1-23-17-6-4-15(5-7-17)12-22-9-8-16-11-20-19(10-14-2-3-14)21-18(16)13-22/h4-7,11,14H,2-3,8-10,12-13H2,1H3. The molecule has 2 aliphatic rings. The number of methoxy groups -OCH3 is 1. The molecule has 1 fully saturated rings. The number of rotatable bonds is 5. The average molecular weight is 309 g/mol. The van der Waals surface area contributed by atoms with Gasteiger partial charge in [0.1, 0.15) is 11.6 Å². The maximum absolute atomic E-state index is 5.22. The van der Waals surface area contributed by atoms with Crippen molar-refractivity contribution in [2.24, 2.45) is 5.92 Å². The second kappa shape index (κ2) is 6.28. The SMILES string of the molecule is COc1ccc(CN2CCc3cnc(CC4CC4)nc3C2)cc1. The van der Waals surface area contributed by atoms with Gasteiger partial charge in [-0.3, -0.25) is 4.90 Å². The lowest BCUT2D eigenvalue weighted by molar-refractivity contribution is 0.240. The van der Waals surface area contributed by atoms with Crippen molar-refractivity contribution in [1.29, 1.82) is 0 Å². The summed E-state index contributed by atoms with van der Waals surface area (Å²) < 4.78 is 5.22. The number of hydrogen-bond donors (Lipinski definition) is 0. The van der Waals surface area contributed by atoms with E-state index in [0.29, 0.717) is 0 Å². The summed E-state index contributed by atoms with van der Waals surface area (Å²) in [5, 5.41) is 0. The fraction of sp³-hybridized carbons (Fsp3) is 0.474. The highest BCUT2D eigenvalue weighted by molar-refractivity contribution is 5.27. The molecule has 1 aliphatic heterocycles. The summed E-state index contributed by atoms with van der Waals surface area (Å²) in [6, 6.07) is 8.35. The van der Waals surface area contributed by atoms with Gasteiger partial charge in [-0.25, -0.2) is 9.97 Å². The Balaban J connectivity index is 1.43. The van der Waals surface area contributed by atoms with E-state index in [4.69, 9.17) is 9.72 Å². The summed E-state index contributed by atoms with van der Waals surface area (Å²) in [7, 11) is 1.70. The highest BCUT2D eigenvalue weighted by atomic mass is 16.5. The summed E-state index contributed by atoms with van der Waals surface area (Å²) in [6.07, 6.45) is 6.87. The van der Waals surface area contributed by atoms with Gasteiger partial charge in [-0.05, 0) is 48.4 Å². The van der Waals surface area contributed by atoms with Gasteiger partial charge in [0.2, 0.25) is 0 Å². The van der Waals surface area contributed by atoms with E-state index < -0.39 is 0 Å². The molecule has 2 heterocycles. The minimum Gasteiger partial charge on any atom is -0.497 e. The van der Waals surface area contributed by atoms with Crippen LogP contribution in [0.5, 0.6) is 5.75 Å². The molecule has 0 spiro atoms. The van der Waals surface area contributed by atoms with Crippen LogP contribution in [0.2, 0.25) is 0 Å². The molecule has 1 saturated carbocycles. The molecule has 4 nitrogen and oxygen atoms in total. The van der Waals surface area contributed by atoms with E-state index in [0.717, 1.165) is 50.0 Å². The highest BCUT2D eigenvalue weighted by Crippen LogP contribution is 2.32. The van der Waals surface area contributed by atoms with Gasteiger partial charge in [0, 0.05) is 32.3 Å². The van der Waals surface area contributed by atoms with Gasteiger partial charge < -0.3 is 4.74 Å². The fourth-order valence-corrected chi connectivity index (χ4v) is 3.20. The van der Waals surface area contributed by atoms with Crippen LogP contribution in [0, 0.1) is 5.92 Å². The summed E-state index contributed by atoms with van der Waals surface area (Å²) >= 11 is 0. The van der Waals surface area contributed by atoms with E-state index in [1.54, 1.807) is 7.11 Å². The molecule has 1 aliphatic carbocycles. The Kier molecular flexibility index (Phi) is 4.00. The summed E-state index contributed by atoms with van der Waals surface area (Å²) in [6.45, 7) is 2.97. The molecule has 4 rings (SSSR count). The Labute approximate surface area is 137 Å². The van der Waals surface area contributed by atoms with Crippen LogP contribution in [0.25, 0.3) is 0 Å². The van der Waals surface area contributed by atoms with Crippen LogP contribution in [-0.4, -0.2) is 28.5 Å². The largest absolute Gasteiger partial charge is 0.497 e. The Morgan fingerprint density at radius 2 is 2.04 bits per heavy atom. The molecule has 120 valence electrons. The molecule has 0 N–H and O–H groups in total. The average Bonchev–Trinajstić information content (AvgIpc) is 3.39. The lowest BCUT2D eigenvalue weighted by atomic mass is 10.1. The van der Waals surface area contributed by atoms with Crippen molar-refractivity contribution in [2.45, 2.75) is 38.8 Å². The fourth-order valence-electron chi connectivity index (χ4n) is 3.20. The van der Waals surface area contributed by atoms with Crippen LogP contribution in [-0.2, 0) is 25.9 Å². The first kappa shape index (κ1) is 14.6. The number of fused-ring (bicyclic) bond motifs is 1. The van der Waals surface area contributed by atoms with Gasteiger partial charge >= 0.3 is 0 Å². The van der Waals surface area contributed by atoms with Gasteiger partial charge in [0.05, 0.1) is 12.8 Å². The molecule has 0 amide bonds. The zero-order chi connectivity index (χ0) is 15.6. The lowest BCUT2D eigenvalue weighted by Gasteiger charge is -2.28. The molecule has 4 heteroatoms. The van der Waals surface area contributed by atoms with Gasteiger partial charge in [0.25, 0.3) is 0 Å². The predicted octanol–water partition coefficient (Wildman–Crippen LogP) is 3.00. The molecule has 2 aromatic rings. The number of aromatic nitrogens is 2. The molecule has 1 aromatic carbocycles. The van der Waals surface area contributed by atoms with Crippen LogP contribution in [0.3, 0.4) is 0 Å². The Morgan fingerprint density at radius 3 is 2.78 bits per heavy atom. The molecule has 0 saturated heterocycles. The first-order chi connectivity index (χ1) is 11.3. The molecular formula is C19H23N3O. The zero-order valence-electron chi connectivity index (χ0n) is 13.7. The number of benzene rings is 1. The molecule has 0 atom stereocenters. The normalized spacial score (nSPS) is 17.8. The second-order valence-electron chi connectivity index (χ2n) is 6.71. The topological polar surface area (TPSA) is 38.2 Å². The van der Waals surface area contributed by atoms with E-state index in [2.05, 4.69) is 28.2 Å². The van der Waals surface area contributed by atoms with Crippen molar-refractivity contribution in [3.63, 3.8) is 0 Å². The Morgan fingerprint density at radius 1 is 1.22 bits per heavy atom. The molecule has 0 unspecified atom stereocenters. The summed E-state index contributed by atoms with van der Waals surface area (Å²) in [5.74, 6) is 2.79. The number of ether oxygens (including phenoxy) is 1. The van der Waals surface area contributed by atoms with E-state index in [9.17, 15) is 0 Å². The van der Waals surface area contributed by atoms with Crippen LogP contribution < -0.4 is 4.74 Å². The smallest absolute Gasteiger partial charge is 0.128 e. The van der Waals surface area contributed by atoms with Crippen molar-refractivity contribution < 1.29 is 4.74 Å². The highest BCUT2D eigenvalue weighted by Gasteiger charge is 2.24. The van der Waals surface area contributed by atoms with Crippen molar-refractivity contribution in [3.8, 4) is 5.75 Å². The summed E-state index contributed by atoms with van der Waals surface area (Å²) in [4.78, 5) is 11.9. The van der Waals surface area contributed by atoms with Gasteiger partial charge in [-0.15, -0.1) is 0 Å². The molecule has 23 heavy (non-hydrogen) atoms. The van der Waals surface area contributed by atoms with E-state index in [1.807, 2.05) is 12.1 Å². The van der Waals surface area contributed by atoms with Crippen LogP contribution in [0.4, 0.5) is 0 Å². The first-order valence-electron chi connectivity index (χ1n) is 8.49. The van der Waals surface area contributed by atoms with Crippen LogP contribution in [0.15, 0.2) is 30.5 Å². The Hall–Kier alpha value is -1.94. The third kappa shape index (κ3) is 3.53. The zero-order valence-corrected chi connectivity index (χ0v) is 13.7. The van der Waals surface area contributed by atoms with E-state index >= 15 is 0 Å². The second-order valence-corrected chi connectivity index (χ2v) is 6.71. The number of hydrogen-bond acceptors (Lipinski definition) is 4. The van der Waals surface area contributed by atoms with Gasteiger partial charge in [-0.1, -0.05) is 12.1 Å². The van der Waals surface area contributed by atoms with E-state index in [1.165, 1.54) is 29.7 Å². The quantitative estimate of drug-likeness (QED) is 0.851. The minimum atomic E-state index is 0.840. The molecular weight excluding hydrogens is 286 g/mol. The Bertz CT molecular complexity index is 680. The maximum atomic E-state index is 5.22. The van der Waals surface area contributed by atoms with Crippen molar-refractivity contribution in [3.05, 3.63) is 53.1 Å². The lowest BCUT2D eigenvalue weighted by Crippen LogP contribution is -2.31. The van der Waals surface area contributed by atoms with Crippen LogP contribution in [0.1, 0.15) is 35.5 Å². The molecule has 0 bridgehead atoms. The predicted molar refractivity (Wildman–Crippen MR) is 89.3 cm³/mol.